The molecular formula is C20H18ClN3O3S2. The van der Waals surface area contributed by atoms with E-state index in [1.807, 2.05) is 48.5 Å². The molecule has 0 radical (unpaired) electrons. The minimum Gasteiger partial charge on any atom is -0.481 e. The van der Waals surface area contributed by atoms with Crippen LogP contribution in [0.25, 0.3) is 0 Å². The predicted octanol–water partition coefficient (Wildman–Crippen LogP) is 4.59. The van der Waals surface area contributed by atoms with Gasteiger partial charge in [-0.15, -0.1) is 0 Å². The second kappa shape index (κ2) is 9.96. The molecule has 0 saturated heterocycles. The highest BCUT2D eigenvalue weighted by atomic mass is 35.5. The average molecular weight is 448 g/mol. The SMILES string of the molecule is CC(C(=O)O)c1ccc(CSc2nc(SCc3ccc(Cl)cc3)nc(=O)[nH]2)cc1. The van der Waals surface area contributed by atoms with Crippen molar-refractivity contribution in [3.63, 3.8) is 0 Å². The molecule has 2 N–H and O–H groups in total. The number of nitrogens with one attached hydrogen (secondary N) is 1. The number of hydrogen-bond acceptors (Lipinski definition) is 6. The van der Waals surface area contributed by atoms with Gasteiger partial charge in [0.05, 0.1) is 5.92 Å². The van der Waals surface area contributed by atoms with Crippen LogP contribution in [0.4, 0.5) is 0 Å². The molecule has 0 bridgehead atoms. The summed E-state index contributed by atoms with van der Waals surface area (Å²) >= 11 is 8.66. The lowest BCUT2D eigenvalue weighted by atomic mass is 10.0. The molecule has 6 nitrogen and oxygen atoms in total. The highest BCUT2D eigenvalue weighted by Crippen LogP contribution is 2.24. The third kappa shape index (κ3) is 6.35. The van der Waals surface area contributed by atoms with Crippen molar-refractivity contribution in [2.45, 2.75) is 34.7 Å². The van der Waals surface area contributed by atoms with E-state index >= 15 is 0 Å². The van der Waals surface area contributed by atoms with Gasteiger partial charge in [0, 0.05) is 16.5 Å². The first-order chi connectivity index (χ1) is 13.9. The van der Waals surface area contributed by atoms with E-state index in [4.69, 9.17) is 16.7 Å². The lowest BCUT2D eigenvalue weighted by Crippen LogP contribution is -2.13. The van der Waals surface area contributed by atoms with Crippen LogP contribution in [-0.2, 0) is 16.3 Å². The number of H-pyrrole nitrogens is 1. The number of aromatic amines is 1. The smallest absolute Gasteiger partial charge is 0.349 e. The maximum absolute atomic E-state index is 11.9. The molecule has 1 aromatic heterocycles. The number of aliphatic carboxylic acids is 1. The number of carboxylic acids is 1. The zero-order chi connectivity index (χ0) is 20.8. The van der Waals surface area contributed by atoms with E-state index in [1.54, 1.807) is 6.92 Å². The van der Waals surface area contributed by atoms with Gasteiger partial charge in [-0.25, -0.2) is 4.79 Å². The van der Waals surface area contributed by atoms with Crippen LogP contribution >= 0.6 is 35.1 Å². The van der Waals surface area contributed by atoms with Crippen molar-refractivity contribution in [3.8, 4) is 0 Å². The molecule has 3 rings (SSSR count). The Bertz CT molecular complexity index is 1040. The molecule has 0 saturated carbocycles. The number of benzene rings is 2. The molecule has 29 heavy (non-hydrogen) atoms. The molecule has 0 aliphatic rings. The number of aromatic nitrogens is 3. The van der Waals surface area contributed by atoms with Crippen molar-refractivity contribution in [2.75, 3.05) is 0 Å². The number of carboxylic acid groups (broad SMARTS) is 1. The first kappa shape index (κ1) is 21.4. The second-order valence-corrected chi connectivity index (χ2v) is 8.59. The summed E-state index contributed by atoms with van der Waals surface area (Å²) < 4.78 is 0. The Morgan fingerprint density at radius 1 is 1.03 bits per heavy atom. The van der Waals surface area contributed by atoms with Gasteiger partial charge in [0.25, 0.3) is 0 Å². The largest absolute Gasteiger partial charge is 0.481 e. The van der Waals surface area contributed by atoms with Gasteiger partial charge < -0.3 is 5.11 Å². The maximum Gasteiger partial charge on any atom is 0.349 e. The first-order valence-corrected chi connectivity index (χ1v) is 11.1. The van der Waals surface area contributed by atoms with Crippen molar-refractivity contribution in [1.82, 2.24) is 15.0 Å². The fourth-order valence-corrected chi connectivity index (χ4v) is 4.19. The number of nitrogens with zero attached hydrogens (tertiary/aromatic N) is 2. The molecule has 0 amide bonds. The number of thioether (sulfide) groups is 2. The molecule has 2 aromatic carbocycles. The summed E-state index contributed by atoms with van der Waals surface area (Å²) in [6, 6.07) is 14.9. The molecule has 0 fully saturated rings. The standard InChI is InChI=1S/C20H18ClN3O3S2/c1-12(17(25)26)15-6-2-13(3-7-15)10-28-19-22-18(27)23-20(24-19)29-11-14-4-8-16(21)9-5-14/h2-9,12H,10-11H2,1H3,(H,25,26)(H,22,23,24,27). The van der Waals surface area contributed by atoms with E-state index in [0.717, 1.165) is 16.7 Å². The van der Waals surface area contributed by atoms with E-state index in [0.29, 0.717) is 26.8 Å². The van der Waals surface area contributed by atoms with Gasteiger partial charge in [-0.3, -0.25) is 9.78 Å². The summed E-state index contributed by atoms with van der Waals surface area (Å²) in [6.07, 6.45) is 0. The van der Waals surface area contributed by atoms with Gasteiger partial charge in [0.1, 0.15) is 0 Å². The molecule has 150 valence electrons. The van der Waals surface area contributed by atoms with Crippen LogP contribution in [0, 0.1) is 0 Å². The lowest BCUT2D eigenvalue weighted by Gasteiger charge is -2.08. The quantitative estimate of drug-likeness (QED) is 0.487. The Hall–Kier alpha value is -2.29. The number of halogens is 1. The van der Waals surface area contributed by atoms with Crippen LogP contribution in [-0.4, -0.2) is 26.0 Å². The van der Waals surface area contributed by atoms with Crippen LogP contribution in [0.15, 0.2) is 63.6 Å². The number of hydrogen-bond donors (Lipinski definition) is 2. The number of rotatable bonds is 8. The third-order valence-corrected chi connectivity index (χ3v) is 6.23. The molecule has 0 spiro atoms. The molecule has 1 heterocycles. The highest BCUT2D eigenvalue weighted by Gasteiger charge is 2.13. The van der Waals surface area contributed by atoms with Crippen molar-refractivity contribution < 1.29 is 9.90 Å². The fourth-order valence-electron chi connectivity index (χ4n) is 2.40. The van der Waals surface area contributed by atoms with Gasteiger partial charge in [0.15, 0.2) is 10.3 Å². The summed E-state index contributed by atoms with van der Waals surface area (Å²) in [5, 5.41) is 10.7. The van der Waals surface area contributed by atoms with Crippen LogP contribution < -0.4 is 5.69 Å². The van der Waals surface area contributed by atoms with Crippen LogP contribution in [0.3, 0.4) is 0 Å². The maximum atomic E-state index is 11.9. The highest BCUT2D eigenvalue weighted by molar-refractivity contribution is 7.99. The Kier molecular flexibility index (Phi) is 7.35. The third-order valence-electron chi connectivity index (χ3n) is 4.12. The van der Waals surface area contributed by atoms with Crippen LogP contribution in [0.5, 0.6) is 0 Å². The fraction of sp³-hybridized carbons (Fsp3) is 0.200. The van der Waals surface area contributed by atoms with Crippen molar-refractivity contribution in [2.24, 2.45) is 0 Å². The number of carbonyl (C=O) groups is 1. The van der Waals surface area contributed by atoms with E-state index in [1.165, 1.54) is 23.5 Å². The normalized spacial score (nSPS) is 11.9. The van der Waals surface area contributed by atoms with Crippen LogP contribution in [0.1, 0.15) is 29.5 Å². The molecule has 3 aromatic rings. The Morgan fingerprint density at radius 2 is 1.62 bits per heavy atom. The van der Waals surface area contributed by atoms with E-state index in [2.05, 4.69) is 15.0 Å². The first-order valence-electron chi connectivity index (χ1n) is 8.71. The summed E-state index contributed by atoms with van der Waals surface area (Å²) in [5.74, 6) is -0.173. The Balaban J connectivity index is 1.61. The van der Waals surface area contributed by atoms with Gasteiger partial charge in [-0.2, -0.15) is 9.97 Å². The van der Waals surface area contributed by atoms with Crippen molar-refractivity contribution >= 4 is 41.1 Å². The van der Waals surface area contributed by atoms with E-state index in [9.17, 15) is 9.59 Å². The molecular weight excluding hydrogens is 430 g/mol. The van der Waals surface area contributed by atoms with Crippen LogP contribution in [0.2, 0.25) is 5.02 Å². The summed E-state index contributed by atoms with van der Waals surface area (Å²) in [5.41, 5.74) is 2.38. The van der Waals surface area contributed by atoms with Gasteiger partial charge in [-0.05, 0) is 35.7 Å². The molecule has 9 heteroatoms. The topological polar surface area (TPSA) is 95.9 Å². The van der Waals surface area contributed by atoms with Gasteiger partial charge in [0.2, 0.25) is 0 Å². The van der Waals surface area contributed by atoms with E-state index in [-0.39, 0.29) is 0 Å². The minimum absolute atomic E-state index is 0.414. The minimum atomic E-state index is -0.852. The summed E-state index contributed by atoms with van der Waals surface area (Å²) in [6.45, 7) is 1.65. The Morgan fingerprint density at radius 3 is 2.24 bits per heavy atom. The monoisotopic (exact) mass is 447 g/mol. The summed E-state index contributed by atoms with van der Waals surface area (Å²) in [7, 11) is 0. The molecule has 1 unspecified atom stereocenters. The van der Waals surface area contributed by atoms with E-state index < -0.39 is 17.6 Å². The zero-order valence-corrected chi connectivity index (χ0v) is 17.9. The molecule has 1 atom stereocenters. The van der Waals surface area contributed by atoms with Gasteiger partial charge in [-0.1, -0.05) is 71.5 Å². The predicted molar refractivity (Wildman–Crippen MR) is 116 cm³/mol. The van der Waals surface area contributed by atoms with Crippen molar-refractivity contribution in [1.29, 1.82) is 0 Å². The molecule has 0 aliphatic carbocycles. The van der Waals surface area contributed by atoms with Gasteiger partial charge >= 0.3 is 11.7 Å². The van der Waals surface area contributed by atoms with Crippen molar-refractivity contribution in [3.05, 3.63) is 80.7 Å². The molecule has 0 aliphatic heterocycles. The second-order valence-electron chi connectivity index (χ2n) is 6.25. The lowest BCUT2D eigenvalue weighted by molar-refractivity contribution is -0.138. The Labute approximate surface area is 181 Å². The summed E-state index contributed by atoms with van der Waals surface area (Å²) in [4.78, 5) is 33.9. The zero-order valence-electron chi connectivity index (χ0n) is 15.5. The average Bonchev–Trinajstić information content (AvgIpc) is 2.71.